The van der Waals surface area contributed by atoms with E-state index in [0.29, 0.717) is 13.2 Å². The van der Waals surface area contributed by atoms with Crippen LogP contribution in [0.1, 0.15) is 39.5 Å². The Morgan fingerprint density at radius 2 is 1.53 bits per heavy atom. The maximum Gasteiger partial charge on any atom is 1.00 e. The van der Waals surface area contributed by atoms with Crippen molar-refractivity contribution in [3.63, 3.8) is 0 Å². The molecule has 0 spiro atoms. The number of hydrogen-bond acceptors (Lipinski definition) is 4. The summed E-state index contributed by atoms with van der Waals surface area (Å²) in [5, 5.41) is 10.5. The molecule has 0 amide bonds. The summed E-state index contributed by atoms with van der Waals surface area (Å²) in [5.74, 6) is -1.29. The molecule has 0 heterocycles. The molecular weight excluding hydrogens is 207 g/mol. The Balaban J connectivity index is 0. The topological polar surface area (TPSA) is 58.6 Å². The molecule has 0 radical (unpaired) electrons. The van der Waals surface area contributed by atoms with Gasteiger partial charge in [0, 0.05) is 0 Å². The van der Waals surface area contributed by atoms with Gasteiger partial charge in [-0.2, -0.15) is 0 Å². The van der Waals surface area contributed by atoms with Crippen LogP contribution in [-0.2, 0) is 14.3 Å². The third-order valence-corrected chi connectivity index (χ3v) is 1.73. The molecule has 0 atom stereocenters. The van der Waals surface area contributed by atoms with Gasteiger partial charge in [0.05, 0.1) is 19.2 Å². The predicted molar refractivity (Wildman–Crippen MR) is 50.5 cm³/mol. The first kappa shape index (κ1) is 17.8. The number of carbonyl (C=O) groups is 1. The van der Waals surface area contributed by atoms with Gasteiger partial charge < -0.3 is 19.4 Å². The fraction of sp³-hybridized carbons (Fsp3) is 0.900. The van der Waals surface area contributed by atoms with Gasteiger partial charge in [0.25, 0.3) is 0 Å². The average Bonchev–Trinajstić information content (AvgIpc) is 2.15. The number of carbonyl (C=O) groups excluding carboxylic acids is 1. The second-order valence-corrected chi connectivity index (χ2v) is 3.10. The number of ether oxygens (including phenoxy) is 2. The molecule has 84 valence electrons. The standard InChI is InChI=1S/C10H20O4.Na/c1-3-5-7-13-10(9(11)12)14-8-6-4-2;/h10H,3-8H2,1-2H3,(H,11,12);/q;+1/p-1. The third kappa shape index (κ3) is 10.7. The molecule has 0 saturated carbocycles. The monoisotopic (exact) mass is 226 g/mol. The van der Waals surface area contributed by atoms with E-state index in [2.05, 4.69) is 0 Å². The maximum absolute atomic E-state index is 10.5. The van der Waals surface area contributed by atoms with Crippen LogP contribution in [-0.4, -0.2) is 25.5 Å². The second kappa shape index (κ2) is 12.5. The van der Waals surface area contributed by atoms with Gasteiger partial charge in [-0.05, 0) is 12.8 Å². The SMILES string of the molecule is CCCCOC(OCCCC)C(=O)[O-].[Na+]. The largest absolute Gasteiger partial charge is 1.00 e. The minimum Gasteiger partial charge on any atom is -0.545 e. The number of aliphatic carboxylic acids is 1. The summed E-state index contributed by atoms with van der Waals surface area (Å²) < 4.78 is 10.0. The first-order chi connectivity index (χ1) is 6.72. The molecule has 0 aromatic carbocycles. The molecule has 0 aliphatic carbocycles. The quantitative estimate of drug-likeness (QED) is 0.252. The molecule has 0 aromatic heterocycles. The van der Waals surface area contributed by atoms with Crippen molar-refractivity contribution >= 4 is 5.97 Å². The number of carboxylic acids is 1. The van der Waals surface area contributed by atoms with Crippen molar-refractivity contribution in [2.75, 3.05) is 13.2 Å². The van der Waals surface area contributed by atoms with E-state index in [1.807, 2.05) is 13.8 Å². The summed E-state index contributed by atoms with van der Waals surface area (Å²) in [4.78, 5) is 10.5. The molecule has 4 nitrogen and oxygen atoms in total. The summed E-state index contributed by atoms with van der Waals surface area (Å²) in [6, 6.07) is 0. The zero-order valence-corrected chi connectivity index (χ0v) is 12.0. The van der Waals surface area contributed by atoms with E-state index in [-0.39, 0.29) is 29.6 Å². The first-order valence-electron chi connectivity index (χ1n) is 5.16. The van der Waals surface area contributed by atoms with Gasteiger partial charge in [-0.15, -0.1) is 0 Å². The summed E-state index contributed by atoms with van der Waals surface area (Å²) in [5.41, 5.74) is 0. The summed E-state index contributed by atoms with van der Waals surface area (Å²) in [6.07, 6.45) is 2.40. The Morgan fingerprint density at radius 1 is 1.13 bits per heavy atom. The molecule has 0 bridgehead atoms. The van der Waals surface area contributed by atoms with Crippen LogP contribution in [0.25, 0.3) is 0 Å². The molecule has 5 heteroatoms. The van der Waals surface area contributed by atoms with Gasteiger partial charge in [-0.3, -0.25) is 0 Å². The normalized spacial score (nSPS) is 10.1. The van der Waals surface area contributed by atoms with E-state index >= 15 is 0 Å². The van der Waals surface area contributed by atoms with Gasteiger partial charge in [0.2, 0.25) is 0 Å². The Hall–Kier alpha value is 0.390. The van der Waals surface area contributed by atoms with Crippen LogP contribution in [0.15, 0.2) is 0 Å². The zero-order valence-electron chi connectivity index (χ0n) is 9.95. The minimum atomic E-state index is -1.29. The van der Waals surface area contributed by atoms with Gasteiger partial charge >= 0.3 is 29.6 Å². The Kier molecular flexibility index (Phi) is 14.8. The van der Waals surface area contributed by atoms with Crippen molar-refractivity contribution in [3.05, 3.63) is 0 Å². The summed E-state index contributed by atoms with van der Waals surface area (Å²) in [7, 11) is 0. The number of unbranched alkanes of at least 4 members (excludes halogenated alkanes) is 2. The Morgan fingerprint density at radius 3 is 1.80 bits per heavy atom. The molecule has 0 aliphatic rings. The average molecular weight is 226 g/mol. The third-order valence-electron chi connectivity index (χ3n) is 1.73. The molecule has 0 unspecified atom stereocenters. The maximum atomic E-state index is 10.5. The van der Waals surface area contributed by atoms with E-state index in [1.165, 1.54) is 0 Å². The molecule has 0 aromatic rings. The fourth-order valence-corrected chi connectivity index (χ4v) is 0.854. The van der Waals surface area contributed by atoms with Gasteiger partial charge in [0.15, 0.2) is 6.29 Å². The first-order valence-corrected chi connectivity index (χ1v) is 5.16. The molecule has 0 saturated heterocycles. The van der Waals surface area contributed by atoms with Crippen LogP contribution in [0.4, 0.5) is 0 Å². The van der Waals surface area contributed by atoms with Gasteiger partial charge in [-0.1, -0.05) is 26.7 Å². The van der Waals surface area contributed by atoms with Gasteiger partial charge in [-0.25, -0.2) is 0 Å². The van der Waals surface area contributed by atoms with Crippen molar-refractivity contribution < 1.29 is 48.9 Å². The molecule has 0 aliphatic heterocycles. The second-order valence-electron chi connectivity index (χ2n) is 3.10. The van der Waals surface area contributed by atoms with E-state index in [4.69, 9.17) is 9.47 Å². The smallest absolute Gasteiger partial charge is 0.545 e. The van der Waals surface area contributed by atoms with E-state index < -0.39 is 12.3 Å². The molecular formula is C10H19NaO4. The molecule has 15 heavy (non-hydrogen) atoms. The van der Waals surface area contributed by atoms with Crippen molar-refractivity contribution in [1.82, 2.24) is 0 Å². The van der Waals surface area contributed by atoms with E-state index in [9.17, 15) is 9.90 Å². The molecule has 0 rings (SSSR count). The summed E-state index contributed by atoms with van der Waals surface area (Å²) >= 11 is 0. The van der Waals surface area contributed by atoms with Crippen LogP contribution < -0.4 is 34.7 Å². The minimum absolute atomic E-state index is 0. The number of rotatable bonds is 9. The predicted octanol–water partition coefficient (Wildman–Crippen LogP) is -2.30. The zero-order chi connectivity index (χ0) is 10.8. The molecule has 0 fully saturated rings. The van der Waals surface area contributed by atoms with Crippen molar-refractivity contribution in [3.8, 4) is 0 Å². The molecule has 0 N–H and O–H groups in total. The van der Waals surface area contributed by atoms with Crippen molar-refractivity contribution in [1.29, 1.82) is 0 Å². The fourth-order valence-electron chi connectivity index (χ4n) is 0.854. The van der Waals surface area contributed by atoms with Crippen molar-refractivity contribution in [2.45, 2.75) is 45.8 Å². The van der Waals surface area contributed by atoms with Crippen LogP contribution in [0.2, 0.25) is 0 Å². The summed E-state index contributed by atoms with van der Waals surface area (Å²) in [6.45, 7) is 4.83. The van der Waals surface area contributed by atoms with Gasteiger partial charge in [0.1, 0.15) is 0 Å². The Bertz CT molecular complexity index is 142. The van der Waals surface area contributed by atoms with Crippen molar-refractivity contribution in [2.24, 2.45) is 0 Å². The van der Waals surface area contributed by atoms with E-state index in [0.717, 1.165) is 25.7 Å². The van der Waals surface area contributed by atoms with E-state index in [1.54, 1.807) is 0 Å². The van der Waals surface area contributed by atoms with Crippen LogP contribution in [0.3, 0.4) is 0 Å². The number of hydrogen-bond donors (Lipinski definition) is 0. The number of carboxylic acid groups (broad SMARTS) is 1. The van der Waals surface area contributed by atoms with Crippen LogP contribution >= 0.6 is 0 Å². The van der Waals surface area contributed by atoms with Crippen LogP contribution in [0, 0.1) is 0 Å². The Labute approximate surface area is 114 Å². The van der Waals surface area contributed by atoms with Crippen LogP contribution in [0.5, 0.6) is 0 Å².